The standard InChI is InChI=1S/C13H11NO4/c15-11-6-7-12(16)14(11)8-9-18-13(17)10-4-2-1-3-5-10/h1-5,8-9H,6-7H2. The van der Waals surface area contributed by atoms with Crippen molar-refractivity contribution >= 4 is 17.8 Å². The summed E-state index contributed by atoms with van der Waals surface area (Å²) in [6.45, 7) is 0. The summed E-state index contributed by atoms with van der Waals surface area (Å²) < 4.78 is 4.82. The van der Waals surface area contributed by atoms with Crippen molar-refractivity contribution in [2.45, 2.75) is 12.8 Å². The van der Waals surface area contributed by atoms with Crippen molar-refractivity contribution in [1.29, 1.82) is 0 Å². The number of hydrogen-bond acceptors (Lipinski definition) is 4. The highest BCUT2D eigenvalue weighted by Gasteiger charge is 2.26. The van der Waals surface area contributed by atoms with Gasteiger partial charge in [-0.2, -0.15) is 0 Å². The lowest BCUT2D eigenvalue weighted by Gasteiger charge is -2.06. The van der Waals surface area contributed by atoms with Gasteiger partial charge in [0.2, 0.25) is 11.8 Å². The molecular formula is C13H11NO4. The molecular weight excluding hydrogens is 234 g/mol. The topological polar surface area (TPSA) is 63.7 Å². The molecule has 0 aliphatic carbocycles. The summed E-state index contributed by atoms with van der Waals surface area (Å²) in [5.41, 5.74) is 0.404. The van der Waals surface area contributed by atoms with E-state index in [1.807, 2.05) is 0 Å². The fourth-order valence-electron chi connectivity index (χ4n) is 1.56. The third-order valence-corrected chi connectivity index (χ3v) is 2.48. The average molecular weight is 245 g/mol. The Bertz CT molecular complexity index is 491. The molecule has 5 heteroatoms. The van der Waals surface area contributed by atoms with Gasteiger partial charge in [-0.05, 0) is 12.1 Å². The van der Waals surface area contributed by atoms with Crippen LogP contribution in [0.25, 0.3) is 0 Å². The van der Waals surface area contributed by atoms with E-state index in [1.165, 1.54) is 6.20 Å². The molecule has 0 unspecified atom stereocenters. The summed E-state index contributed by atoms with van der Waals surface area (Å²) in [7, 11) is 0. The van der Waals surface area contributed by atoms with Gasteiger partial charge in [-0.15, -0.1) is 0 Å². The van der Waals surface area contributed by atoms with Gasteiger partial charge < -0.3 is 4.74 Å². The molecule has 0 saturated carbocycles. The third-order valence-electron chi connectivity index (χ3n) is 2.48. The van der Waals surface area contributed by atoms with Gasteiger partial charge in [0.1, 0.15) is 6.26 Å². The molecule has 0 spiro atoms. The lowest BCUT2D eigenvalue weighted by Crippen LogP contribution is -2.22. The molecule has 5 nitrogen and oxygen atoms in total. The van der Waals surface area contributed by atoms with Gasteiger partial charge in [-0.1, -0.05) is 18.2 Å². The second kappa shape index (κ2) is 5.27. The number of likely N-dealkylation sites (tertiary alicyclic amines) is 1. The highest BCUT2D eigenvalue weighted by molar-refractivity contribution is 6.03. The van der Waals surface area contributed by atoms with E-state index in [9.17, 15) is 14.4 Å². The lowest BCUT2D eigenvalue weighted by molar-refractivity contribution is -0.135. The summed E-state index contributed by atoms with van der Waals surface area (Å²) >= 11 is 0. The summed E-state index contributed by atoms with van der Waals surface area (Å²) in [5, 5.41) is 0. The first-order chi connectivity index (χ1) is 8.68. The largest absolute Gasteiger partial charge is 0.429 e. The van der Waals surface area contributed by atoms with Crippen LogP contribution in [0.3, 0.4) is 0 Å². The number of amides is 2. The molecule has 0 atom stereocenters. The van der Waals surface area contributed by atoms with Gasteiger partial charge in [-0.3, -0.25) is 14.5 Å². The number of esters is 1. The number of ether oxygens (including phenoxy) is 1. The van der Waals surface area contributed by atoms with Crippen LogP contribution in [0.15, 0.2) is 42.8 Å². The zero-order valence-corrected chi connectivity index (χ0v) is 9.54. The minimum absolute atomic E-state index is 0.204. The van der Waals surface area contributed by atoms with Gasteiger partial charge >= 0.3 is 5.97 Å². The molecule has 1 saturated heterocycles. The van der Waals surface area contributed by atoms with E-state index in [0.29, 0.717) is 5.56 Å². The Morgan fingerprint density at radius 3 is 2.33 bits per heavy atom. The second-order valence-corrected chi connectivity index (χ2v) is 3.71. The fraction of sp³-hybridized carbons (Fsp3) is 0.154. The highest BCUT2D eigenvalue weighted by Crippen LogP contribution is 2.12. The van der Waals surface area contributed by atoms with Crippen molar-refractivity contribution in [2.75, 3.05) is 0 Å². The van der Waals surface area contributed by atoms with Crippen LogP contribution in [0.4, 0.5) is 0 Å². The molecule has 18 heavy (non-hydrogen) atoms. The van der Waals surface area contributed by atoms with E-state index in [4.69, 9.17) is 4.74 Å². The molecule has 1 aromatic carbocycles. The molecule has 0 aromatic heterocycles. The van der Waals surface area contributed by atoms with Gasteiger partial charge in [0.05, 0.1) is 11.8 Å². The van der Waals surface area contributed by atoms with Crippen LogP contribution in [-0.2, 0) is 14.3 Å². The van der Waals surface area contributed by atoms with Crippen molar-refractivity contribution in [2.24, 2.45) is 0 Å². The molecule has 2 rings (SSSR count). The lowest BCUT2D eigenvalue weighted by atomic mass is 10.2. The van der Waals surface area contributed by atoms with E-state index in [1.54, 1.807) is 30.3 Å². The van der Waals surface area contributed by atoms with E-state index in [0.717, 1.165) is 11.2 Å². The maximum Gasteiger partial charge on any atom is 0.342 e. The van der Waals surface area contributed by atoms with E-state index in [-0.39, 0.29) is 24.7 Å². The molecule has 1 aliphatic rings. The maximum atomic E-state index is 11.5. The summed E-state index contributed by atoms with van der Waals surface area (Å²) in [4.78, 5) is 35.0. The van der Waals surface area contributed by atoms with Gasteiger partial charge in [0.25, 0.3) is 0 Å². The molecule has 2 amide bonds. The molecule has 0 radical (unpaired) electrons. The predicted octanol–water partition coefficient (Wildman–Crippen LogP) is 1.46. The SMILES string of the molecule is O=C(OC=CN1C(=O)CCC1=O)c1ccccc1. The number of nitrogens with zero attached hydrogens (tertiary/aromatic N) is 1. The quantitative estimate of drug-likeness (QED) is 0.459. The van der Waals surface area contributed by atoms with Crippen LogP contribution < -0.4 is 0 Å². The van der Waals surface area contributed by atoms with Crippen molar-refractivity contribution < 1.29 is 19.1 Å². The van der Waals surface area contributed by atoms with Crippen LogP contribution in [0.1, 0.15) is 23.2 Å². The van der Waals surface area contributed by atoms with Crippen LogP contribution in [-0.4, -0.2) is 22.7 Å². The number of carbonyl (C=O) groups excluding carboxylic acids is 3. The molecule has 1 aromatic rings. The van der Waals surface area contributed by atoms with Crippen molar-refractivity contribution in [3.05, 3.63) is 48.4 Å². The molecule has 1 aliphatic heterocycles. The van der Waals surface area contributed by atoms with E-state index >= 15 is 0 Å². The summed E-state index contributed by atoms with van der Waals surface area (Å²) in [5.74, 6) is -1.11. The number of imide groups is 1. The van der Waals surface area contributed by atoms with Crippen molar-refractivity contribution in [1.82, 2.24) is 4.90 Å². The van der Waals surface area contributed by atoms with E-state index < -0.39 is 5.97 Å². The highest BCUT2D eigenvalue weighted by atomic mass is 16.5. The van der Waals surface area contributed by atoms with Gasteiger partial charge in [-0.25, -0.2) is 4.79 Å². The van der Waals surface area contributed by atoms with Gasteiger partial charge in [0.15, 0.2) is 0 Å². The Morgan fingerprint density at radius 2 is 1.72 bits per heavy atom. The Balaban J connectivity index is 1.94. The average Bonchev–Trinajstić information content (AvgIpc) is 2.71. The first-order valence-electron chi connectivity index (χ1n) is 5.46. The van der Waals surface area contributed by atoms with Crippen LogP contribution >= 0.6 is 0 Å². The zero-order chi connectivity index (χ0) is 13.0. The number of carbonyl (C=O) groups is 3. The minimum atomic E-state index is -0.536. The Morgan fingerprint density at radius 1 is 1.11 bits per heavy atom. The van der Waals surface area contributed by atoms with E-state index in [2.05, 4.69) is 0 Å². The molecule has 1 fully saturated rings. The number of rotatable bonds is 3. The summed E-state index contributed by atoms with van der Waals surface area (Å²) in [6.07, 6.45) is 2.64. The maximum absolute atomic E-state index is 11.5. The van der Waals surface area contributed by atoms with Crippen LogP contribution in [0, 0.1) is 0 Å². The molecule has 0 bridgehead atoms. The molecule has 1 heterocycles. The third kappa shape index (κ3) is 2.63. The smallest absolute Gasteiger partial charge is 0.342 e. The van der Waals surface area contributed by atoms with Crippen LogP contribution in [0.5, 0.6) is 0 Å². The molecule has 92 valence electrons. The minimum Gasteiger partial charge on any atom is -0.429 e. The predicted molar refractivity (Wildman–Crippen MR) is 62.1 cm³/mol. The van der Waals surface area contributed by atoms with Gasteiger partial charge in [0, 0.05) is 12.8 Å². The summed E-state index contributed by atoms with van der Waals surface area (Å²) in [6, 6.07) is 8.44. The molecule has 0 N–H and O–H groups in total. The number of benzene rings is 1. The number of hydrogen-bond donors (Lipinski definition) is 0. The first-order valence-corrected chi connectivity index (χ1v) is 5.46. The normalized spacial score (nSPS) is 15.4. The van der Waals surface area contributed by atoms with Crippen molar-refractivity contribution in [3.63, 3.8) is 0 Å². The Labute approximate surface area is 104 Å². The Hall–Kier alpha value is -2.43. The van der Waals surface area contributed by atoms with Crippen molar-refractivity contribution in [3.8, 4) is 0 Å². The Kier molecular flexibility index (Phi) is 3.52. The monoisotopic (exact) mass is 245 g/mol. The second-order valence-electron chi connectivity index (χ2n) is 3.71. The zero-order valence-electron chi connectivity index (χ0n) is 9.54. The fourth-order valence-corrected chi connectivity index (χ4v) is 1.56. The first kappa shape index (κ1) is 12.0. The van der Waals surface area contributed by atoms with Crippen LogP contribution in [0.2, 0.25) is 0 Å².